The molecule has 0 fully saturated rings. The number of halogens is 1. The van der Waals surface area contributed by atoms with Crippen molar-refractivity contribution in [3.8, 4) is 17.2 Å². The van der Waals surface area contributed by atoms with Gasteiger partial charge in [0, 0.05) is 60.3 Å². The van der Waals surface area contributed by atoms with Gasteiger partial charge in [-0.2, -0.15) is 0 Å². The van der Waals surface area contributed by atoms with Gasteiger partial charge in [-0.3, -0.25) is 15.0 Å². The fraction of sp³-hybridized carbons (Fsp3) is 0.333. The average Bonchev–Trinajstić information content (AvgIpc) is 3.20. The van der Waals surface area contributed by atoms with Crippen LogP contribution in [0.3, 0.4) is 0 Å². The standard InChI is InChI=1S/C24H26ClN3O5/c1-31-21-14-23(33-3)22(32-2)13-18(21)24-20-6-4-9-26(20)10-5-11-27(24)15-16-12-17(28(29)30)7-8-19(16)25/h4,6-9,12-14,24H,5,10-11,15H2,1-3H3. The third-order valence-electron chi connectivity index (χ3n) is 6.00. The number of nitro groups is 1. The SMILES string of the molecule is COc1cc(OC)c(C2c3cccn3CCCN2Cc2cc([N+](=O)[O-])ccc2Cl)cc1OC. The fourth-order valence-corrected chi connectivity index (χ4v) is 4.62. The third-order valence-corrected chi connectivity index (χ3v) is 6.37. The molecule has 0 N–H and O–H groups in total. The first kappa shape index (κ1) is 22.9. The van der Waals surface area contributed by atoms with Gasteiger partial charge >= 0.3 is 0 Å². The number of nitrogens with zero attached hydrogens (tertiary/aromatic N) is 3. The van der Waals surface area contributed by atoms with Crippen molar-refractivity contribution in [2.24, 2.45) is 0 Å². The van der Waals surface area contributed by atoms with Crippen LogP contribution in [0.15, 0.2) is 48.7 Å². The van der Waals surface area contributed by atoms with E-state index in [2.05, 4.69) is 21.7 Å². The lowest BCUT2D eigenvalue weighted by atomic mass is 9.99. The lowest BCUT2D eigenvalue weighted by molar-refractivity contribution is -0.384. The molecule has 1 aromatic heterocycles. The molecular weight excluding hydrogens is 446 g/mol. The van der Waals surface area contributed by atoms with E-state index in [0.29, 0.717) is 34.4 Å². The molecule has 0 saturated carbocycles. The molecule has 0 aliphatic carbocycles. The number of nitro benzene ring substituents is 1. The van der Waals surface area contributed by atoms with Crippen LogP contribution in [-0.4, -0.2) is 42.3 Å². The Labute approximate surface area is 197 Å². The van der Waals surface area contributed by atoms with E-state index in [1.165, 1.54) is 6.07 Å². The topological polar surface area (TPSA) is 79.0 Å². The van der Waals surface area contributed by atoms with E-state index in [1.54, 1.807) is 33.5 Å². The van der Waals surface area contributed by atoms with Crippen molar-refractivity contribution in [1.29, 1.82) is 0 Å². The van der Waals surface area contributed by atoms with Gasteiger partial charge < -0.3 is 18.8 Å². The molecule has 1 aliphatic heterocycles. The van der Waals surface area contributed by atoms with Crippen molar-refractivity contribution in [3.63, 3.8) is 0 Å². The lowest BCUT2D eigenvalue weighted by Crippen LogP contribution is -2.30. The minimum Gasteiger partial charge on any atom is -0.496 e. The normalized spacial score (nSPS) is 16.1. The van der Waals surface area contributed by atoms with E-state index in [-0.39, 0.29) is 11.7 Å². The largest absolute Gasteiger partial charge is 0.496 e. The Balaban J connectivity index is 1.85. The van der Waals surface area contributed by atoms with Gasteiger partial charge in [0.25, 0.3) is 5.69 Å². The van der Waals surface area contributed by atoms with Crippen LogP contribution in [0.2, 0.25) is 5.02 Å². The van der Waals surface area contributed by atoms with Gasteiger partial charge in [-0.1, -0.05) is 11.6 Å². The van der Waals surface area contributed by atoms with Crippen molar-refractivity contribution in [2.45, 2.75) is 25.6 Å². The molecule has 33 heavy (non-hydrogen) atoms. The highest BCUT2D eigenvalue weighted by molar-refractivity contribution is 6.31. The number of fused-ring (bicyclic) bond motifs is 1. The summed E-state index contributed by atoms with van der Waals surface area (Å²) < 4.78 is 19.0. The van der Waals surface area contributed by atoms with Crippen LogP contribution in [-0.2, 0) is 13.1 Å². The molecule has 2 heterocycles. The number of aromatic nitrogens is 1. The summed E-state index contributed by atoms with van der Waals surface area (Å²) in [7, 11) is 4.82. The van der Waals surface area contributed by atoms with Crippen LogP contribution in [0.25, 0.3) is 0 Å². The molecule has 9 heteroatoms. The van der Waals surface area contributed by atoms with Crippen LogP contribution in [0.1, 0.15) is 29.3 Å². The Morgan fingerprint density at radius 1 is 1.03 bits per heavy atom. The number of rotatable bonds is 7. The molecular formula is C24H26ClN3O5. The van der Waals surface area contributed by atoms with Crippen molar-refractivity contribution in [1.82, 2.24) is 9.47 Å². The zero-order valence-corrected chi connectivity index (χ0v) is 19.5. The number of hydrogen-bond acceptors (Lipinski definition) is 6. The quantitative estimate of drug-likeness (QED) is 0.353. The minimum absolute atomic E-state index is 0.0212. The maximum absolute atomic E-state index is 11.3. The molecule has 2 aromatic carbocycles. The van der Waals surface area contributed by atoms with Crippen molar-refractivity contribution in [2.75, 3.05) is 27.9 Å². The summed E-state index contributed by atoms with van der Waals surface area (Å²) in [6.07, 6.45) is 2.99. The van der Waals surface area contributed by atoms with Crippen molar-refractivity contribution in [3.05, 3.63) is 80.6 Å². The maximum Gasteiger partial charge on any atom is 0.269 e. The summed E-state index contributed by atoms with van der Waals surface area (Å²) >= 11 is 6.46. The molecule has 1 atom stereocenters. The second kappa shape index (κ2) is 9.72. The van der Waals surface area contributed by atoms with Crippen LogP contribution >= 0.6 is 11.6 Å². The van der Waals surface area contributed by atoms with Crippen LogP contribution in [0.5, 0.6) is 17.2 Å². The molecule has 0 saturated heterocycles. The van der Waals surface area contributed by atoms with Gasteiger partial charge in [-0.25, -0.2) is 0 Å². The zero-order chi connectivity index (χ0) is 23.5. The molecule has 1 unspecified atom stereocenters. The summed E-state index contributed by atoms with van der Waals surface area (Å²) in [6, 6.07) is 12.3. The van der Waals surface area contributed by atoms with Crippen LogP contribution < -0.4 is 14.2 Å². The van der Waals surface area contributed by atoms with E-state index < -0.39 is 4.92 Å². The summed E-state index contributed by atoms with van der Waals surface area (Å²) in [6.45, 7) is 2.07. The molecule has 0 radical (unpaired) electrons. The molecule has 3 aromatic rings. The Morgan fingerprint density at radius 2 is 1.76 bits per heavy atom. The number of hydrogen-bond donors (Lipinski definition) is 0. The number of aryl methyl sites for hydroxylation is 1. The molecule has 1 aliphatic rings. The molecule has 4 rings (SSSR count). The number of ether oxygens (including phenoxy) is 3. The van der Waals surface area contributed by atoms with Crippen molar-refractivity contribution < 1.29 is 19.1 Å². The van der Waals surface area contributed by atoms with Gasteiger partial charge in [-0.15, -0.1) is 0 Å². The zero-order valence-electron chi connectivity index (χ0n) is 18.8. The first-order valence-electron chi connectivity index (χ1n) is 10.6. The summed E-state index contributed by atoms with van der Waals surface area (Å²) in [5, 5.41) is 11.8. The number of non-ortho nitro benzene ring substituents is 1. The Morgan fingerprint density at radius 3 is 2.45 bits per heavy atom. The smallest absolute Gasteiger partial charge is 0.269 e. The average molecular weight is 472 g/mol. The molecule has 174 valence electrons. The van der Waals surface area contributed by atoms with Gasteiger partial charge in [0.1, 0.15) is 5.75 Å². The monoisotopic (exact) mass is 471 g/mol. The highest BCUT2D eigenvalue weighted by Crippen LogP contribution is 2.43. The fourth-order valence-electron chi connectivity index (χ4n) is 4.45. The second-order valence-electron chi connectivity index (χ2n) is 7.83. The van der Waals surface area contributed by atoms with Gasteiger partial charge in [0.15, 0.2) is 11.5 Å². The molecule has 8 nitrogen and oxygen atoms in total. The summed E-state index contributed by atoms with van der Waals surface area (Å²) in [5.41, 5.74) is 2.74. The van der Waals surface area contributed by atoms with Crippen LogP contribution in [0, 0.1) is 10.1 Å². The van der Waals surface area contributed by atoms with E-state index in [1.807, 2.05) is 18.2 Å². The minimum atomic E-state index is -0.401. The molecule has 0 amide bonds. The number of benzene rings is 2. The predicted octanol–water partition coefficient (Wildman–Crippen LogP) is 5.07. The second-order valence-corrected chi connectivity index (χ2v) is 8.24. The Kier molecular flexibility index (Phi) is 6.76. The van der Waals surface area contributed by atoms with E-state index in [4.69, 9.17) is 25.8 Å². The summed E-state index contributed by atoms with van der Waals surface area (Å²) in [4.78, 5) is 13.2. The van der Waals surface area contributed by atoms with E-state index >= 15 is 0 Å². The highest BCUT2D eigenvalue weighted by Gasteiger charge is 2.31. The van der Waals surface area contributed by atoms with Gasteiger partial charge in [0.2, 0.25) is 0 Å². The van der Waals surface area contributed by atoms with Crippen molar-refractivity contribution >= 4 is 17.3 Å². The third kappa shape index (κ3) is 4.49. The first-order valence-corrected chi connectivity index (χ1v) is 11.0. The predicted molar refractivity (Wildman–Crippen MR) is 126 cm³/mol. The summed E-state index contributed by atoms with van der Waals surface area (Å²) in [5.74, 6) is 1.85. The Bertz CT molecular complexity index is 1160. The van der Waals surface area contributed by atoms with Gasteiger partial charge in [0.05, 0.1) is 32.3 Å². The van der Waals surface area contributed by atoms with Gasteiger partial charge in [-0.05, 0) is 36.2 Å². The Hall–Kier alpha value is -3.23. The maximum atomic E-state index is 11.3. The highest BCUT2D eigenvalue weighted by atomic mass is 35.5. The molecule has 0 spiro atoms. The van der Waals surface area contributed by atoms with E-state index in [9.17, 15) is 10.1 Å². The molecule has 0 bridgehead atoms. The lowest BCUT2D eigenvalue weighted by Gasteiger charge is -2.32. The first-order chi connectivity index (χ1) is 16.0. The van der Waals surface area contributed by atoms with Crippen LogP contribution in [0.4, 0.5) is 5.69 Å². The number of methoxy groups -OCH3 is 3. The van der Waals surface area contributed by atoms with E-state index in [0.717, 1.165) is 30.8 Å².